The van der Waals surface area contributed by atoms with Gasteiger partial charge in [-0.05, 0) is 74.3 Å². The molecule has 0 saturated carbocycles. The summed E-state index contributed by atoms with van der Waals surface area (Å²) in [6, 6.07) is 13.5. The number of nitrogens with two attached hydrogens (primary N) is 1. The molecule has 0 saturated heterocycles. The van der Waals surface area contributed by atoms with Crippen LogP contribution in [0.4, 0.5) is 11.5 Å². The maximum absolute atomic E-state index is 12.5. The fraction of sp³-hybridized carbons (Fsp3) is 0.231. The van der Waals surface area contributed by atoms with Gasteiger partial charge in [0.1, 0.15) is 10.9 Å². The number of benzene rings is 1. The molecule has 1 aromatic heterocycles. The van der Waals surface area contributed by atoms with E-state index in [0.717, 1.165) is 28.4 Å². The number of hydrogen-bond acceptors (Lipinski definition) is 6. The van der Waals surface area contributed by atoms with Crippen LogP contribution in [0.25, 0.3) is 0 Å². The Morgan fingerprint density at radius 2 is 1.82 bits per heavy atom. The third-order valence-electron chi connectivity index (χ3n) is 4.37. The summed E-state index contributed by atoms with van der Waals surface area (Å²) in [7, 11) is 1.50. The molecular formula is C26H33ClN4OS. The number of rotatable bonds is 7. The number of hydrogen-bond donors (Lipinski definition) is 3. The monoisotopic (exact) mass is 484 g/mol. The Morgan fingerprint density at radius 3 is 2.39 bits per heavy atom. The van der Waals surface area contributed by atoms with E-state index in [1.165, 1.54) is 19.0 Å². The van der Waals surface area contributed by atoms with Crippen molar-refractivity contribution in [3.63, 3.8) is 0 Å². The highest BCUT2D eigenvalue weighted by molar-refractivity contribution is 8.00. The summed E-state index contributed by atoms with van der Waals surface area (Å²) in [5.41, 5.74) is 8.02. The fourth-order valence-corrected chi connectivity index (χ4v) is 3.69. The van der Waals surface area contributed by atoms with Crippen LogP contribution in [0, 0.1) is 0 Å². The van der Waals surface area contributed by atoms with Crippen molar-refractivity contribution in [2.24, 2.45) is 5.73 Å². The second kappa shape index (κ2) is 15.1. The first-order valence-corrected chi connectivity index (χ1v) is 12.0. The third kappa shape index (κ3) is 7.93. The number of Topliss-reactive ketones (excluding diaryl/α,β-unsaturated/α-hetero) is 1. The quantitative estimate of drug-likeness (QED) is 0.364. The number of carbonyl (C=O) groups is 1. The first-order valence-electron chi connectivity index (χ1n) is 10.8. The van der Waals surface area contributed by atoms with Crippen molar-refractivity contribution in [2.75, 3.05) is 17.1 Å². The van der Waals surface area contributed by atoms with Crippen LogP contribution in [0.1, 0.15) is 34.1 Å². The summed E-state index contributed by atoms with van der Waals surface area (Å²) in [5.74, 6) is 0.618. The third-order valence-corrected chi connectivity index (χ3v) is 5.55. The minimum atomic E-state index is -0.177. The van der Waals surface area contributed by atoms with Gasteiger partial charge in [0.25, 0.3) is 0 Å². The minimum Gasteiger partial charge on any atom is -0.354 e. The van der Waals surface area contributed by atoms with Gasteiger partial charge in [0.15, 0.2) is 0 Å². The zero-order chi connectivity index (χ0) is 24.8. The molecule has 5 nitrogen and oxygen atoms in total. The molecule has 0 bridgehead atoms. The van der Waals surface area contributed by atoms with Gasteiger partial charge in [0, 0.05) is 27.9 Å². The van der Waals surface area contributed by atoms with E-state index in [1.807, 2.05) is 75.4 Å². The van der Waals surface area contributed by atoms with Crippen molar-refractivity contribution in [3.8, 4) is 0 Å². The molecule has 1 aliphatic rings. The van der Waals surface area contributed by atoms with Gasteiger partial charge >= 0.3 is 0 Å². The molecule has 0 amide bonds. The number of allylic oxidation sites excluding steroid dienone is 5. The molecule has 7 heteroatoms. The average Bonchev–Trinajstić information content (AvgIpc) is 2.88. The number of nitrogens with one attached hydrogen (secondary N) is 2. The van der Waals surface area contributed by atoms with E-state index in [1.54, 1.807) is 13.1 Å². The van der Waals surface area contributed by atoms with Crippen LogP contribution >= 0.6 is 23.5 Å². The van der Waals surface area contributed by atoms with Gasteiger partial charge in [-0.2, -0.15) is 0 Å². The number of halogens is 1. The first kappa shape index (κ1) is 28.2. The molecule has 0 radical (unpaired) electrons. The van der Waals surface area contributed by atoms with Gasteiger partial charge in [-0.3, -0.25) is 4.79 Å². The maximum Gasteiger partial charge on any atom is 0.202 e. The highest BCUT2D eigenvalue weighted by atomic mass is 35.5. The van der Waals surface area contributed by atoms with Crippen molar-refractivity contribution < 1.29 is 4.79 Å². The van der Waals surface area contributed by atoms with Crippen molar-refractivity contribution in [1.82, 2.24) is 4.98 Å². The zero-order valence-electron chi connectivity index (χ0n) is 19.9. The van der Waals surface area contributed by atoms with Crippen molar-refractivity contribution in [1.29, 1.82) is 0 Å². The summed E-state index contributed by atoms with van der Waals surface area (Å²) >= 11 is 7.82. The maximum atomic E-state index is 12.5. The molecule has 0 atom stereocenters. The molecule has 0 spiro atoms. The van der Waals surface area contributed by atoms with Gasteiger partial charge in [-0.25, -0.2) is 4.98 Å². The Kier molecular flexibility index (Phi) is 12.9. The zero-order valence-corrected chi connectivity index (χ0v) is 21.5. The van der Waals surface area contributed by atoms with Crippen LogP contribution in [0.3, 0.4) is 0 Å². The smallest absolute Gasteiger partial charge is 0.202 e. The lowest BCUT2D eigenvalue weighted by Gasteiger charge is -2.22. The molecular weight excluding hydrogens is 452 g/mol. The van der Waals surface area contributed by atoms with E-state index in [4.69, 9.17) is 11.6 Å². The molecule has 0 unspecified atom stereocenters. The molecule has 4 N–H and O–H groups in total. The Labute approximate surface area is 207 Å². The molecule has 1 aromatic carbocycles. The standard InChI is InChI=1S/C23H22ClN3OS.C2H6.CH5N/c1-4-5-8-19-15(2)22(21(24)23(28)16(19)3)26-17-10-12-18(13-11-17)29-27-20-9-6-7-14-25-20;2*1-2/h5-14,26H,2,4H2,1,3H3,(H,25,27);1-2H3;2H2,1H3/b8-5-;;. The van der Waals surface area contributed by atoms with E-state index in [9.17, 15) is 4.79 Å². The van der Waals surface area contributed by atoms with E-state index in [2.05, 4.69) is 27.3 Å². The van der Waals surface area contributed by atoms with Crippen LogP contribution in [-0.4, -0.2) is 17.8 Å². The topological polar surface area (TPSA) is 80.0 Å². The Balaban J connectivity index is 0.00000129. The molecule has 0 fully saturated rings. The number of ketones is 1. The van der Waals surface area contributed by atoms with Crippen LogP contribution < -0.4 is 15.8 Å². The van der Waals surface area contributed by atoms with Crippen LogP contribution in [0.15, 0.2) is 99.7 Å². The average molecular weight is 485 g/mol. The molecule has 176 valence electrons. The summed E-state index contributed by atoms with van der Waals surface area (Å²) < 4.78 is 3.19. The Bertz CT molecular complexity index is 1010. The predicted molar refractivity (Wildman–Crippen MR) is 144 cm³/mol. The normalized spacial score (nSPS) is 13.3. The van der Waals surface area contributed by atoms with E-state index in [0.29, 0.717) is 16.8 Å². The van der Waals surface area contributed by atoms with Crippen molar-refractivity contribution in [3.05, 3.63) is 94.8 Å². The largest absolute Gasteiger partial charge is 0.354 e. The minimum absolute atomic E-state index is 0.163. The lowest BCUT2D eigenvalue weighted by molar-refractivity contribution is -0.111. The van der Waals surface area contributed by atoms with E-state index < -0.39 is 0 Å². The summed E-state index contributed by atoms with van der Waals surface area (Å²) in [5, 5.41) is 3.42. The van der Waals surface area contributed by atoms with E-state index >= 15 is 0 Å². The highest BCUT2D eigenvalue weighted by Crippen LogP contribution is 2.35. The van der Waals surface area contributed by atoms with Gasteiger partial charge in [0.2, 0.25) is 5.78 Å². The lowest BCUT2D eigenvalue weighted by atomic mass is 9.90. The summed E-state index contributed by atoms with van der Waals surface area (Å²) in [4.78, 5) is 17.8. The molecule has 3 rings (SSSR count). The Hall–Kier alpha value is -2.80. The van der Waals surface area contributed by atoms with Gasteiger partial charge in [-0.15, -0.1) is 0 Å². The van der Waals surface area contributed by atoms with Gasteiger partial charge in [0.05, 0.1) is 5.70 Å². The number of carbonyl (C=O) groups excluding carboxylic acids is 1. The predicted octanol–water partition coefficient (Wildman–Crippen LogP) is 7.09. The van der Waals surface area contributed by atoms with Crippen molar-refractivity contribution >= 4 is 40.8 Å². The van der Waals surface area contributed by atoms with Crippen LogP contribution in [-0.2, 0) is 4.79 Å². The van der Waals surface area contributed by atoms with Crippen LogP contribution in [0.5, 0.6) is 0 Å². The lowest BCUT2D eigenvalue weighted by Crippen LogP contribution is -2.18. The Morgan fingerprint density at radius 1 is 1.15 bits per heavy atom. The fourth-order valence-electron chi connectivity index (χ4n) is 2.77. The van der Waals surface area contributed by atoms with Crippen LogP contribution in [0.2, 0.25) is 0 Å². The first-order chi connectivity index (χ1) is 16.0. The number of anilines is 2. The number of nitrogens with zero attached hydrogens (tertiary/aromatic N) is 1. The SMILES string of the molecule is C=C1C(/C=C\CC)=C(C)C(=O)C(Cl)=C1Nc1ccc(SNc2ccccn2)cc1.CC.CN. The highest BCUT2D eigenvalue weighted by Gasteiger charge is 2.26. The molecule has 33 heavy (non-hydrogen) atoms. The molecule has 1 heterocycles. The van der Waals surface area contributed by atoms with Gasteiger partial charge < -0.3 is 15.8 Å². The second-order valence-electron chi connectivity index (χ2n) is 6.41. The molecule has 0 aliphatic heterocycles. The molecule has 1 aliphatic carbocycles. The molecule has 2 aromatic rings. The van der Waals surface area contributed by atoms with E-state index in [-0.39, 0.29) is 10.8 Å². The number of pyridine rings is 1. The number of aromatic nitrogens is 1. The summed E-state index contributed by atoms with van der Waals surface area (Å²) in [6.07, 6.45) is 6.56. The van der Waals surface area contributed by atoms with Crippen molar-refractivity contribution in [2.45, 2.75) is 39.0 Å². The second-order valence-corrected chi connectivity index (χ2v) is 7.67. The van der Waals surface area contributed by atoms with Gasteiger partial charge in [-0.1, -0.05) is 57.2 Å². The summed E-state index contributed by atoms with van der Waals surface area (Å²) in [6.45, 7) is 12.0.